The summed E-state index contributed by atoms with van der Waals surface area (Å²) in [6, 6.07) is 8.49. The summed E-state index contributed by atoms with van der Waals surface area (Å²) in [5, 5.41) is 3.50. The van der Waals surface area contributed by atoms with Crippen molar-refractivity contribution in [3.8, 4) is 0 Å². The molecule has 32 heavy (non-hydrogen) atoms. The van der Waals surface area contributed by atoms with E-state index < -0.39 is 0 Å². The molecule has 0 spiro atoms. The molecule has 176 valence electrons. The van der Waals surface area contributed by atoms with Crippen LogP contribution >= 0.6 is 0 Å². The van der Waals surface area contributed by atoms with E-state index in [0.29, 0.717) is 25.7 Å². The molecule has 0 radical (unpaired) electrons. The van der Waals surface area contributed by atoms with Gasteiger partial charge in [0.1, 0.15) is 0 Å². The molecule has 0 aliphatic carbocycles. The third-order valence-electron chi connectivity index (χ3n) is 6.60. The molecule has 8 nitrogen and oxygen atoms in total. The number of hydrogen-bond donors (Lipinski definition) is 1. The number of hydrogen-bond acceptors (Lipinski definition) is 5. The summed E-state index contributed by atoms with van der Waals surface area (Å²) in [6.07, 6.45) is 1.31. The number of amides is 1. The molecule has 3 aliphatic rings. The lowest BCUT2D eigenvalue weighted by molar-refractivity contribution is -0.0586. The van der Waals surface area contributed by atoms with Crippen LogP contribution in [0.25, 0.3) is 0 Å². The summed E-state index contributed by atoms with van der Waals surface area (Å²) >= 11 is 0. The number of nitrogens with zero attached hydrogens (tertiary/aromatic N) is 4. The number of morpholine rings is 2. The topological polar surface area (TPSA) is 69.6 Å². The zero-order valence-corrected chi connectivity index (χ0v) is 19.6. The molecular formula is C24H37N5O3. The maximum Gasteiger partial charge on any atom is 0.254 e. The molecule has 0 saturated carbocycles. The van der Waals surface area contributed by atoms with E-state index in [2.05, 4.69) is 20.1 Å². The number of benzene rings is 1. The molecule has 4 rings (SSSR count). The van der Waals surface area contributed by atoms with Crippen LogP contribution < -0.4 is 5.32 Å². The van der Waals surface area contributed by atoms with E-state index in [-0.39, 0.29) is 18.1 Å². The van der Waals surface area contributed by atoms with E-state index in [1.54, 1.807) is 0 Å². The van der Waals surface area contributed by atoms with Gasteiger partial charge in [-0.25, -0.2) is 0 Å². The molecule has 0 aromatic heterocycles. The predicted molar refractivity (Wildman–Crippen MR) is 125 cm³/mol. The van der Waals surface area contributed by atoms with Crippen molar-refractivity contribution in [1.29, 1.82) is 0 Å². The summed E-state index contributed by atoms with van der Waals surface area (Å²) in [5.41, 5.74) is 1.86. The van der Waals surface area contributed by atoms with Gasteiger partial charge in [0.2, 0.25) is 0 Å². The smallest absolute Gasteiger partial charge is 0.254 e. The molecular weight excluding hydrogens is 406 g/mol. The normalized spacial score (nSPS) is 27.6. The molecule has 1 amide bonds. The van der Waals surface area contributed by atoms with E-state index in [4.69, 9.17) is 9.47 Å². The maximum atomic E-state index is 12.9. The van der Waals surface area contributed by atoms with E-state index in [1.165, 1.54) is 0 Å². The second-order valence-electron chi connectivity index (χ2n) is 9.10. The average Bonchev–Trinajstić information content (AvgIpc) is 3.29. The van der Waals surface area contributed by atoms with Gasteiger partial charge in [0.05, 0.1) is 25.4 Å². The molecule has 3 atom stereocenters. The first-order chi connectivity index (χ1) is 15.5. The van der Waals surface area contributed by atoms with Crippen LogP contribution in [0, 0.1) is 0 Å². The van der Waals surface area contributed by atoms with Gasteiger partial charge in [-0.15, -0.1) is 0 Å². The Kier molecular flexibility index (Phi) is 7.65. The van der Waals surface area contributed by atoms with Crippen LogP contribution in [0.2, 0.25) is 0 Å². The Balaban J connectivity index is 1.28. The summed E-state index contributed by atoms with van der Waals surface area (Å²) in [7, 11) is 1.84. The van der Waals surface area contributed by atoms with Gasteiger partial charge in [-0.3, -0.25) is 14.7 Å². The molecule has 3 fully saturated rings. The van der Waals surface area contributed by atoms with Gasteiger partial charge in [0.25, 0.3) is 5.91 Å². The highest BCUT2D eigenvalue weighted by Crippen LogP contribution is 2.18. The zero-order chi connectivity index (χ0) is 22.5. The van der Waals surface area contributed by atoms with E-state index in [9.17, 15) is 4.79 Å². The molecule has 1 N–H and O–H groups in total. The number of carbonyl (C=O) groups excluding carboxylic acids is 1. The van der Waals surface area contributed by atoms with Crippen molar-refractivity contribution >= 4 is 11.9 Å². The Hall–Kier alpha value is -2.16. The first-order valence-electron chi connectivity index (χ1n) is 11.8. The Morgan fingerprint density at radius 2 is 1.72 bits per heavy atom. The zero-order valence-electron chi connectivity index (χ0n) is 19.6. The van der Waals surface area contributed by atoms with Crippen LogP contribution in [-0.4, -0.2) is 104 Å². The van der Waals surface area contributed by atoms with Crippen LogP contribution in [0.5, 0.6) is 0 Å². The highest BCUT2D eigenvalue weighted by molar-refractivity contribution is 5.94. The summed E-state index contributed by atoms with van der Waals surface area (Å²) in [6.45, 7) is 11.8. The fourth-order valence-corrected chi connectivity index (χ4v) is 4.98. The number of nitrogens with one attached hydrogen (secondary N) is 1. The number of aliphatic imine (C=N–C) groups is 1. The number of guanidine groups is 1. The van der Waals surface area contributed by atoms with Gasteiger partial charge in [-0.1, -0.05) is 12.1 Å². The lowest BCUT2D eigenvalue weighted by atomic mass is 10.1. The number of likely N-dealkylation sites (tertiary alicyclic amines) is 1. The minimum atomic E-state index is 0.0753. The minimum Gasteiger partial charge on any atom is -0.379 e. The van der Waals surface area contributed by atoms with Crippen molar-refractivity contribution < 1.29 is 14.3 Å². The van der Waals surface area contributed by atoms with Crippen molar-refractivity contribution in [3.63, 3.8) is 0 Å². The summed E-state index contributed by atoms with van der Waals surface area (Å²) in [4.78, 5) is 24.2. The van der Waals surface area contributed by atoms with Gasteiger partial charge in [0.15, 0.2) is 5.96 Å². The molecule has 3 saturated heterocycles. The Labute approximate surface area is 191 Å². The Morgan fingerprint density at radius 3 is 2.38 bits per heavy atom. The standard InChI is InChI=1S/C24H37N5O3/c1-18-15-29(16-19(2)32-18)23(30)21-6-4-20(5-7-21)14-26-24(25-3)28-9-8-22(17-28)27-10-12-31-13-11-27/h4-7,18-19,22H,8-17H2,1-3H3,(H,25,26). The second kappa shape index (κ2) is 10.6. The van der Waals surface area contributed by atoms with Gasteiger partial charge in [-0.2, -0.15) is 0 Å². The number of carbonyl (C=O) groups is 1. The minimum absolute atomic E-state index is 0.0753. The fraction of sp³-hybridized carbons (Fsp3) is 0.667. The van der Waals surface area contributed by atoms with E-state index in [1.807, 2.05) is 50.1 Å². The van der Waals surface area contributed by atoms with Gasteiger partial charge in [-0.05, 0) is 38.0 Å². The Bertz CT molecular complexity index is 783. The highest BCUT2D eigenvalue weighted by atomic mass is 16.5. The lowest BCUT2D eigenvalue weighted by Crippen LogP contribution is -2.48. The first kappa shape index (κ1) is 23.0. The van der Waals surface area contributed by atoms with E-state index >= 15 is 0 Å². The quantitative estimate of drug-likeness (QED) is 0.561. The van der Waals surface area contributed by atoms with Crippen molar-refractivity contribution in [2.45, 2.75) is 45.1 Å². The fourth-order valence-electron chi connectivity index (χ4n) is 4.98. The van der Waals surface area contributed by atoms with Crippen LogP contribution in [0.3, 0.4) is 0 Å². The number of rotatable bonds is 4. The lowest BCUT2D eigenvalue weighted by Gasteiger charge is -2.35. The molecule has 3 heterocycles. The Morgan fingerprint density at radius 1 is 1.03 bits per heavy atom. The van der Waals surface area contributed by atoms with Crippen LogP contribution in [0.1, 0.15) is 36.2 Å². The summed E-state index contributed by atoms with van der Waals surface area (Å²) < 4.78 is 11.2. The van der Waals surface area contributed by atoms with Gasteiger partial charge < -0.3 is 24.6 Å². The van der Waals surface area contributed by atoms with Crippen LogP contribution in [0.15, 0.2) is 29.3 Å². The monoisotopic (exact) mass is 443 g/mol. The largest absolute Gasteiger partial charge is 0.379 e. The molecule has 8 heteroatoms. The van der Waals surface area contributed by atoms with E-state index in [0.717, 1.165) is 62.9 Å². The average molecular weight is 444 g/mol. The molecule has 0 bridgehead atoms. The van der Waals surface area contributed by atoms with Crippen molar-refractivity contribution in [2.24, 2.45) is 4.99 Å². The van der Waals surface area contributed by atoms with Crippen molar-refractivity contribution in [2.75, 3.05) is 59.5 Å². The van der Waals surface area contributed by atoms with Crippen LogP contribution in [-0.2, 0) is 16.0 Å². The molecule has 1 aromatic rings. The van der Waals surface area contributed by atoms with Crippen molar-refractivity contribution in [1.82, 2.24) is 20.0 Å². The maximum absolute atomic E-state index is 12.9. The predicted octanol–water partition coefficient (Wildman–Crippen LogP) is 1.42. The second-order valence-corrected chi connectivity index (χ2v) is 9.10. The summed E-state index contributed by atoms with van der Waals surface area (Å²) in [5.74, 6) is 1.02. The highest BCUT2D eigenvalue weighted by Gasteiger charge is 2.30. The third-order valence-corrected chi connectivity index (χ3v) is 6.60. The molecule has 3 unspecified atom stereocenters. The van der Waals surface area contributed by atoms with Crippen LogP contribution in [0.4, 0.5) is 0 Å². The first-order valence-corrected chi connectivity index (χ1v) is 11.8. The van der Waals surface area contributed by atoms with Crippen molar-refractivity contribution in [3.05, 3.63) is 35.4 Å². The van der Waals surface area contributed by atoms with Gasteiger partial charge in [0, 0.05) is 64.5 Å². The SMILES string of the molecule is CN=C(NCc1ccc(C(=O)N2CC(C)OC(C)C2)cc1)N1CCC(N2CCOCC2)C1. The molecule has 3 aliphatic heterocycles. The third kappa shape index (κ3) is 5.60. The number of ether oxygens (including phenoxy) is 2. The van der Waals surface area contributed by atoms with Gasteiger partial charge >= 0.3 is 0 Å². The molecule has 1 aromatic carbocycles.